The number of nitrogens with two attached hydrogens (primary N) is 1. The lowest BCUT2D eigenvalue weighted by atomic mass is 10.0. The summed E-state index contributed by atoms with van der Waals surface area (Å²) in [5.41, 5.74) is 7.94. The summed E-state index contributed by atoms with van der Waals surface area (Å²) in [5, 5.41) is 1.51. The summed E-state index contributed by atoms with van der Waals surface area (Å²) < 4.78 is 19.3. The Bertz CT molecular complexity index is 851. The van der Waals surface area contributed by atoms with Gasteiger partial charge in [-0.1, -0.05) is 23.7 Å². The number of hydrogen-bond donors (Lipinski definition) is 1. The van der Waals surface area contributed by atoms with Crippen molar-refractivity contribution in [2.75, 3.05) is 12.8 Å². The minimum Gasteiger partial charge on any atom is -0.496 e. The van der Waals surface area contributed by atoms with Crippen LogP contribution in [0.4, 0.5) is 10.2 Å². The number of halogens is 2. The van der Waals surface area contributed by atoms with Crippen molar-refractivity contribution in [1.29, 1.82) is 0 Å². The van der Waals surface area contributed by atoms with Gasteiger partial charge in [-0.25, -0.2) is 9.37 Å². The average molecular weight is 317 g/mol. The number of nitrogen functional groups attached to an aromatic ring is 1. The fourth-order valence-corrected chi connectivity index (χ4v) is 2.60. The van der Waals surface area contributed by atoms with E-state index in [1.54, 1.807) is 24.3 Å². The van der Waals surface area contributed by atoms with Gasteiger partial charge in [-0.2, -0.15) is 0 Å². The molecular weight excluding hydrogens is 303 g/mol. The predicted octanol–water partition coefficient (Wildman–Crippen LogP) is 4.21. The van der Waals surface area contributed by atoms with Crippen LogP contribution in [0.3, 0.4) is 0 Å². The lowest BCUT2D eigenvalue weighted by Crippen LogP contribution is -2.02. The normalized spacial score (nSPS) is 10.9. The summed E-state index contributed by atoms with van der Waals surface area (Å²) in [4.78, 5) is 4.35. The maximum atomic E-state index is 14.1. The molecule has 0 bridgehead atoms. The Hall–Kier alpha value is -2.33. The van der Waals surface area contributed by atoms with Gasteiger partial charge in [0.1, 0.15) is 17.4 Å². The number of ether oxygens (including phenoxy) is 1. The number of benzene rings is 2. The topological polar surface area (TPSA) is 48.1 Å². The lowest BCUT2D eigenvalue weighted by Gasteiger charge is -2.11. The van der Waals surface area contributed by atoms with Gasteiger partial charge in [0.15, 0.2) is 0 Å². The second-order valence-electron chi connectivity index (χ2n) is 4.97. The Morgan fingerprint density at radius 1 is 1.23 bits per heavy atom. The summed E-state index contributed by atoms with van der Waals surface area (Å²) in [6.45, 7) is 0. The zero-order valence-corrected chi connectivity index (χ0v) is 12.7. The summed E-state index contributed by atoms with van der Waals surface area (Å²) in [7, 11) is 1.52. The first-order valence-electron chi connectivity index (χ1n) is 6.74. The largest absolute Gasteiger partial charge is 0.496 e. The smallest absolute Gasteiger partial charge is 0.130 e. The zero-order valence-electron chi connectivity index (χ0n) is 11.9. The molecule has 1 heterocycles. The molecule has 1 aromatic heterocycles. The van der Waals surface area contributed by atoms with E-state index in [1.807, 2.05) is 12.1 Å². The number of methoxy groups -OCH3 is 1. The first-order valence-corrected chi connectivity index (χ1v) is 7.12. The third-order valence-corrected chi connectivity index (χ3v) is 3.79. The highest BCUT2D eigenvalue weighted by Gasteiger charge is 2.13. The van der Waals surface area contributed by atoms with Crippen LogP contribution in [-0.4, -0.2) is 12.1 Å². The van der Waals surface area contributed by atoms with E-state index in [-0.39, 0.29) is 5.82 Å². The number of nitrogens with zero attached hydrogens (tertiary/aromatic N) is 1. The molecule has 0 atom stereocenters. The van der Waals surface area contributed by atoms with Crippen LogP contribution in [0.5, 0.6) is 5.75 Å². The van der Waals surface area contributed by atoms with Gasteiger partial charge in [-0.15, -0.1) is 0 Å². The molecule has 0 spiro atoms. The fraction of sp³-hybridized carbons (Fsp3) is 0.118. The van der Waals surface area contributed by atoms with Crippen molar-refractivity contribution in [2.24, 2.45) is 0 Å². The van der Waals surface area contributed by atoms with Gasteiger partial charge in [0.05, 0.1) is 12.6 Å². The number of rotatable bonds is 3. The van der Waals surface area contributed by atoms with Crippen molar-refractivity contribution in [3.8, 4) is 5.75 Å². The molecule has 0 unspecified atom stereocenters. The Morgan fingerprint density at radius 3 is 2.82 bits per heavy atom. The minimum absolute atomic E-state index is 0.313. The maximum Gasteiger partial charge on any atom is 0.130 e. The van der Waals surface area contributed by atoms with Crippen molar-refractivity contribution in [3.05, 3.63) is 64.4 Å². The summed E-state index contributed by atoms with van der Waals surface area (Å²) in [6.07, 6.45) is 0.313. The van der Waals surface area contributed by atoms with E-state index >= 15 is 0 Å². The first-order chi connectivity index (χ1) is 10.6. The van der Waals surface area contributed by atoms with Crippen LogP contribution in [0, 0.1) is 5.82 Å². The van der Waals surface area contributed by atoms with E-state index in [0.29, 0.717) is 34.1 Å². The van der Waals surface area contributed by atoms with Gasteiger partial charge in [0, 0.05) is 22.4 Å². The Balaban J connectivity index is 2.08. The molecule has 2 aromatic carbocycles. The van der Waals surface area contributed by atoms with Gasteiger partial charge < -0.3 is 10.5 Å². The van der Waals surface area contributed by atoms with Gasteiger partial charge in [0.2, 0.25) is 0 Å². The first kappa shape index (κ1) is 14.6. The molecule has 0 saturated heterocycles. The molecule has 22 heavy (non-hydrogen) atoms. The quantitative estimate of drug-likeness (QED) is 0.787. The molecule has 0 amide bonds. The molecule has 112 valence electrons. The maximum absolute atomic E-state index is 14.1. The van der Waals surface area contributed by atoms with Crippen LogP contribution < -0.4 is 10.5 Å². The number of pyridine rings is 1. The predicted molar refractivity (Wildman–Crippen MR) is 86.9 cm³/mol. The van der Waals surface area contributed by atoms with Crippen LogP contribution >= 0.6 is 11.6 Å². The van der Waals surface area contributed by atoms with Crippen LogP contribution in [0.1, 0.15) is 11.1 Å². The summed E-state index contributed by atoms with van der Waals surface area (Å²) >= 11 is 5.95. The van der Waals surface area contributed by atoms with Crippen LogP contribution in [0.2, 0.25) is 5.02 Å². The third kappa shape index (κ3) is 2.70. The second-order valence-corrected chi connectivity index (χ2v) is 5.40. The Kier molecular flexibility index (Phi) is 3.86. The number of fused-ring (bicyclic) bond motifs is 1. The highest BCUT2D eigenvalue weighted by molar-refractivity contribution is 6.31. The fourth-order valence-electron chi connectivity index (χ4n) is 2.43. The van der Waals surface area contributed by atoms with Gasteiger partial charge in [-0.05, 0) is 35.9 Å². The third-order valence-electron chi connectivity index (χ3n) is 3.56. The standard InChI is InChI=1S/C17H14ClFN2O/c1-22-16-4-2-3-14(19)13(16)8-11-7-10-5-6-12(18)9-15(10)21-17(11)20/h2-7,9H,8H2,1H3,(H2,20,21). The van der Waals surface area contributed by atoms with E-state index in [0.717, 1.165) is 10.9 Å². The van der Waals surface area contributed by atoms with Crippen LogP contribution in [-0.2, 0) is 6.42 Å². The molecule has 2 N–H and O–H groups in total. The molecule has 0 aliphatic carbocycles. The minimum atomic E-state index is -0.324. The Labute approximate surface area is 132 Å². The van der Waals surface area contributed by atoms with E-state index in [4.69, 9.17) is 22.1 Å². The molecule has 0 aliphatic heterocycles. The van der Waals surface area contributed by atoms with Gasteiger partial charge >= 0.3 is 0 Å². The molecular formula is C17H14ClFN2O. The van der Waals surface area contributed by atoms with E-state index in [1.165, 1.54) is 13.2 Å². The van der Waals surface area contributed by atoms with Gasteiger partial charge in [-0.3, -0.25) is 0 Å². The lowest BCUT2D eigenvalue weighted by molar-refractivity contribution is 0.405. The average Bonchev–Trinajstić information content (AvgIpc) is 2.50. The van der Waals surface area contributed by atoms with Crippen molar-refractivity contribution in [2.45, 2.75) is 6.42 Å². The van der Waals surface area contributed by atoms with Crippen molar-refractivity contribution >= 4 is 28.3 Å². The Morgan fingerprint density at radius 2 is 2.05 bits per heavy atom. The summed E-state index contributed by atoms with van der Waals surface area (Å²) in [5.74, 6) is 0.533. The monoisotopic (exact) mass is 316 g/mol. The molecule has 0 aliphatic rings. The van der Waals surface area contributed by atoms with Crippen molar-refractivity contribution in [3.63, 3.8) is 0 Å². The van der Waals surface area contributed by atoms with E-state index < -0.39 is 0 Å². The molecule has 0 radical (unpaired) electrons. The molecule has 5 heteroatoms. The van der Waals surface area contributed by atoms with Crippen LogP contribution in [0.15, 0.2) is 42.5 Å². The highest BCUT2D eigenvalue weighted by Crippen LogP contribution is 2.28. The van der Waals surface area contributed by atoms with E-state index in [9.17, 15) is 4.39 Å². The van der Waals surface area contributed by atoms with Crippen LogP contribution in [0.25, 0.3) is 10.9 Å². The zero-order chi connectivity index (χ0) is 15.7. The second kappa shape index (κ2) is 5.81. The number of aromatic nitrogens is 1. The van der Waals surface area contributed by atoms with Crippen molar-refractivity contribution in [1.82, 2.24) is 4.98 Å². The van der Waals surface area contributed by atoms with Crippen molar-refractivity contribution < 1.29 is 9.13 Å². The molecule has 0 saturated carbocycles. The number of hydrogen-bond acceptors (Lipinski definition) is 3. The summed E-state index contributed by atoms with van der Waals surface area (Å²) in [6, 6.07) is 12.1. The molecule has 3 aromatic rings. The molecule has 3 rings (SSSR count). The number of anilines is 1. The molecule has 0 fully saturated rings. The molecule has 3 nitrogen and oxygen atoms in total. The highest BCUT2D eigenvalue weighted by atomic mass is 35.5. The van der Waals surface area contributed by atoms with E-state index in [2.05, 4.69) is 4.98 Å². The SMILES string of the molecule is COc1cccc(F)c1Cc1cc2ccc(Cl)cc2nc1N. The van der Waals surface area contributed by atoms with Gasteiger partial charge in [0.25, 0.3) is 0 Å².